The summed E-state index contributed by atoms with van der Waals surface area (Å²) >= 11 is 0. The average Bonchev–Trinajstić information content (AvgIpc) is 3.19. The van der Waals surface area contributed by atoms with Gasteiger partial charge in [-0.3, -0.25) is 14.5 Å². The first-order valence-corrected chi connectivity index (χ1v) is 11.0. The van der Waals surface area contributed by atoms with Crippen molar-refractivity contribution >= 4 is 29.4 Å². The van der Waals surface area contributed by atoms with Crippen LogP contribution in [0.25, 0.3) is 0 Å². The maximum atomic E-state index is 13.4. The summed E-state index contributed by atoms with van der Waals surface area (Å²) in [7, 11) is 5.55. The molecule has 0 bridgehead atoms. The van der Waals surface area contributed by atoms with Crippen LogP contribution in [-0.4, -0.2) is 69.7 Å². The fourth-order valence-corrected chi connectivity index (χ4v) is 4.56. The molecule has 1 atom stereocenters. The second-order valence-electron chi connectivity index (χ2n) is 8.24. The minimum absolute atomic E-state index is 0.0164. The fourth-order valence-electron chi connectivity index (χ4n) is 4.56. The molecule has 35 heavy (non-hydrogen) atoms. The highest BCUT2D eigenvalue weighted by Crippen LogP contribution is 2.35. The molecule has 10 nitrogen and oxygen atoms in total. The van der Waals surface area contributed by atoms with Gasteiger partial charge >= 0.3 is 11.9 Å². The number of carbonyl (C=O) groups excluding carboxylic acids is 4. The Morgan fingerprint density at radius 2 is 1.40 bits per heavy atom. The predicted octanol–water partition coefficient (Wildman–Crippen LogP) is 1.97. The number of imide groups is 1. The van der Waals surface area contributed by atoms with E-state index in [0.717, 1.165) is 16.0 Å². The zero-order valence-electron chi connectivity index (χ0n) is 20.0. The van der Waals surface area contributed by atoms with Crippen molar-refractivity contribution in [2.75, 3.05) is 39.9 Å². The summed E-state index contributed by atoms with van der Waals surface area (Å²) < 4.78 is 20.3. The largest absolute Gasteiger partial charge is 0.493 e. The number of hydrogen-bond acceptors (Lipinski definition) is 9. The Bertz CT molecular complexity index is 1170. The molecule has 0 saturated carbocycles. The molecule has 0 N–H and O–H groups in total. The molecule has 2 heterocycles. The number of nitrogens with zero attached hydrogens (tertiary/aromatic N) is 2. The van der Waals surface area contributed by atoms with Crippen molar-refractivity contribution < 1.29 is 38.1 Å². The molecule has 0 aliphatic carbocycles. The maximum Gasteiger partial charge on any atom is 0.337 e. The van der Waals surface area contributed by atoms with Gasteiger partial charge < -0.3 is 18.9 Å². The summed E-state index contributed by atoms with van der Waals surface area (Å²) in [5.41, 5.74) is 2.27. The van der Waals surface area contributed by atoms with Crippen LogP contribution in [0.4, 0.5) is 5.69 Å². The number of ether oxygens (including phenoxy) is 4. The Morgan fingerprint density at radius 1 is 0.829 bits per heavy atom. The number of carbonyl (C=O) groups is 4. The van der Waals surface area contributed by atoms with Crippen LogP contribution in [-0.2, 0) is 32.0 Å². The van der Waals surface area contributed by atoms with Crippen LogP contribution in [0.1, 0.15) is 38.3 Å². The van der Waals surface area contributed by atoms with Gasteiger partial charge in [0.05, 0.1) is 57.7 Å². The zero-order chi connectivity index (χ0) is 25.3. The summed E-state index contributed by atoms with van der Waals surface area (Å²) in [5, 5.41) is 0. The average molecular weight is 482 g/mol. The molecular formula is C25H26N2O8. The van der Waals surface area contributed by atoms with Crippen molar-refractivity contribution in [3.8, 4) is 11.5 Å². The van der Waals surface area contributed by atoms with Crippen molar-refractivity contribution in [3.63, 3.8) is 0 Å². The van der Waals surface area contributed by atoms with E-state index >= 15 is 0 Å². The monoisotopic (exact) mass is 482 g/mol. The quantitative estimate of drug-likeness (QED) is 0.451. The number of fused-ring (bicyclic) bond motifs is 1. The summed E-state index contributed by atoms with van der Waals surface area (Å²) in [6, 6.07) is 7.17. The SMILES string of the molecule is COC(=O)c1cc(C(=O)OC)cc(N2C(=O)CC(N3CCc4cc(OC)c(OC)cc4C3)C2=O)c1. The Balaban J connectivity index is 1.63. The summed E-state index contributed by atoms with van der Waals surface area (Å²) in [6.07, 6.45) is 0.662. The summed E-state index contributed by atoms with van der Waals surface area (Å²) in [4.78, 5) is 53.7. The Hall–Kier alpha value is -3.92. The number of anilines is 1. The van der Waals surface area contributed by atoms with Crippen molar-refractivity contribution in [1.29, 1.82) is 0 Å². The molecule has 4 rings (SSSR count). The van der Waals surface area contributed by atoms with E-state index in [1.54, 1.807) is 14.2 Å². The van der Waals surface area contributed by atoms with Gasteiger partial charge in [0.25, 0.3) is 5.91 Å². The van der Waals surface area contributed by atoms with Gasteiger partial charge in [0.15, 0.2) is 11.5 Å². The van der Waals surface area contributed by atoms with Gasteiger partial charge in [-0.15, -0.1) is 0 Å². The molecule has 1 saturated heterocycles. The van der Waals surface area contributed by atoms with Crippen LogP contribution in [0.3, 0.4) is 0 Å². The number of amides is 2. The fraction of sp³-hybridized carbons (Fsp3) is 0.360. The van der Waals surface area contributed by atoms with Crippen LogP contribution in [0.15, 0.2) is 30.3 Å². The smallest absolute Gasteiger partial charge is 0.337 e. The molecule has 1 unspecified atom stereocenters. The highest BCUT2D eigenvalue weighted by atomic mass is 16.5. The Labute approximate surface area is 202 Å². The van der Waals surface area contributed by atoms with E-state index in [2.05, 4.69) is 0 Å². The first-order valence-electron chi connectivity index (χ1n) is 11.0. The normalized spacial score (nSPS) is 17.7. The third-order valence-corrected chi connectivity index (χ3v) is 6.33. The highest BCUT2D eigenvalue weighted by molar-refractivity contribution is 6.23. The molecule has 0 radical (unpaired) electrons. The molecule has 2 aliphatic rings. The molecule has 1 fully saturated rings. The van der Waals surface area contributed by atoms with Crippen LogP contribution < -0.4 is 14.4 Å². The highest BCUT2D eigenvalue weighted by Gasteiger charge is 2.44. The number of hydrogen-bond donors (Lipinski definition) is 0. The second-order valence-corrected chi connectivity index (χ2v) is 8.24. The molecular weight excluding hydrogens is 456 g/mol. The van der Waals surface area contributed by atoms with Gasteiger partial charge in [0.1, 0.15) is 0 Å². The van der Waals surface area contributed by atoms with Crippen molar-refractivity contribution in [2.24, 2.45) is 0 Å². The lowest BCUT2D eigenvalue weighted by Crippen LogP contribution is -2.44. The van der Waals surface area contributed by atoms with E-state index in [-0.39, 0.29) is 23.2 Å². The molecule has 2 aromatic carbocycles. The van der Waals surface area contributed by atoms with E-state index in [9.17, 15) is 19.2 Å². The molecule has 0 spiro atoms. The number of methoxy groups -OCH3 is 4. The first-order chi connectivity index (χ1) is 16.8. The lowest BCUT2D eigenvalue weighted by Gasteiger charge is -2.32. The van der Waals surface area contributed by atoms with Gasteiger partial charge in [-0.05, 0) is 47.9 Å². The molecule has 184 valence electrons. The van der Waals surface area contributed by atoms with E-state index in [1.165, 1.54) is 32.4 Å². The maximum absolute atomic E-state index is 13.4. The third-order valence-electron chi connectivity index (χ3n) is 6.33. The molecule has 10 heteroatoms. The van der Waals surface area contributed by atoms with Crippen LogP contribution >= 0.6 is 0 Å². The molecule has 2 amide bonds. The van der Waals surface area contributed by atoms with Gasteiger partial charge in [0, 0.05) is 13.1 Å². The standard InChI is InChI=1S/C25H26N2O8/c1-32-20-10-14-5-6-26(13-17(14)11-21(20)33-2)19-12-22(28)27(23(19)29)18-8-15(24(30)34-3)7-16(9-18)25(31)35-4/h7-11,19H,5-6,12-13H2,1-4H3. The number of benzene rings is 2. The number of rotatable bonds is 6. The van der Waals surface area contributed by atoms with Gasteiger partial charge in [0.2, 0.25) is 5.91 Å². The van der Waals surface area contributed by atoms with E-state index in [1.807, 2.05) is 17.0 Å². The van der Waals surface area contributed by atoms with E-state index < -0.39 is 29.8 Å². The van der Waals surface area contributed by atoms with Gasteiger partial charge in [-0.1, -0.05) is 0 Å². The molecule has 2 aliphatic heterocycles. The lowest BCUT2D eigenvalue weighted by molar-refractivity contribution is -0.123. The Kier molecular flexibility index (Phi) is 6.74. The predicted molar refractivity (Wildman–Crippen MR) is 124 cm³/mol. The summed E-state index contributed by atoms with van der Waals surface area (Å²) in [5.74, 6) is -1.01. The molecule has 2 aromatic rings. The second kappa shape index (κ2) is 9.75. The number of esters is 2. The molecule has 0 aromatic heterocycles. The van der Waals surface area contributed by atoms with Gasteiger partial charge in [-0.25, -0.2) is 14.5 Å². The minimum atomic E-state index is -0.704. The zero-order valence-corrected chi connectivity index (χ0v) is 20.0. The first kappa shape index (κ1) is 24.2. The minimum Gasteiger partial charge on any atom is -0.493 e. The summed E-state index contributed by atoms with van der Waals surface area (Å²) in [6.45, 7) is 1.04. The van der Waals surface area contributed by atoms with E-state index in [4.69, 9.17) is 18.9 Å². The third kappa shape index (κ3) is 4.44. The Morgan fingerprint density at radius 3 is 1.94 bits per heavy atom. The van der Waals surface area contributed by atoms with Crippen molar-refractivity contribution in [1.82, 2.24) is 4.90 Å². The van der Waals surface area contributed by atoms with E-state index in [0.29, 0.717) is 31.0 Å². The van der Waals surface area contributed by atoms with Crippen molar-refractivity contribution in [3.05, 3.63) is 52.6 Å². The lowest BCUT2D eigenvalue weighted by atomic mass is 9.97. The van der Waals surface area contributed by atoms with Crippen LogP contribution in [0, 0.1) is 0 Å². The van der Waals surface area contributed by atoms with Crippen LogP contribution in [0.2, 0.25) is 0 Å². The van der Waals surface area contributed by atoms with Crippen molar-refractivity contribution in [2.45, 2.75) is 25.4 Å². The van der Waals surface area contributed by atoms with Crippen LogP contribution in [0.5, 0.6) is 11.5 Å². The van der Waals surface area contributed by atoms with Gasteiger partial charge in [-0.2, -0.15) is 0 Å². The topological polar surface area (TPSA) is 112 Å².